The standard InChI is InChI=1S/C30H33FN4O3S/c31-24-10-8-20(9-11-24)17-32-34-29(38)27-25-6-1-2-7-26(25)39-30(27)33-28(37)23-5-3-4-22(16-23)18-35-14-12-21(19-36)13-15-35/h3-5,8-11,16-17,21,36H,1-2,6-7,12-15,18-19H2,(H,33,37)(H,34,38). The largest absolute Gasteiger partial charge is 0.396 e. The number of aliphatic hydroxyl groups excluding tert-OH is 1. The van der Waals surface area contributed by atoms with Crippen LogP contribution < -0.4 is 10.7 Å². The van der Waals surface area contributed by atoms with Crippen molar-refractivity contribution in [2.24, 2.45) is 11.0 Å². The minimum absolute atomic E-state index is 0.246. The summed E-state index contributed by atoms with van der Waals surface area (Å²) in [5, 5.41) is 17.0. The maximum Gasteiger partial charge on any atom is 0.274 e. The molecule has 2 aliphatic rings. The Hall–Kier alpha value is -3.40. The van der Waals surface area contributed by atoms with Crippen LogP contribution in [0.15, 0.2) is 53.6 Å². The molecule has 7 nitrogen and oxygen atoms in total. The van der Waals surface area contributed by atoms with Gasteiger partial charge in [0, 0.05) is 23.6 Å². The van der Waals surface area contributed by atoms with Gasteiger partial charge in [-0.05, 0) is 98.5 Å². The number of nitrogens with zero attached hydrogens (tertiary/aromatic N) is 2. The van der Waals surface area contributed by atoms with Gasteiger partial charge in [0.2, 0.25) is 0 Å². The lowest BCUT2D eigenvalue weighted by Crippen LogP contribution is -2.34. The quantitative estimate of drug-likeness (QED) is 0.273. The van der Waals surface area contributed by atoms with E-state index in [1.807, 2.05) is 18.2 Å². The third kappa shape index (κ3) is 6.79. The van der Waals surface area contributed by atoms with Crippen molar-refractivity contribution in [3.8, 4) is 0 Å². The van der Waals surface area contributed by atoms with Crippen molar-refractivity contribution in [3.05, 3.63) is 87.0 Å². The Kier molecular flexibility index (Phi) is 8.81. The van der Waals surface area contributed by atoms with Crippen molar-refractivity contribution in [1.82, 2.24) is 10.3 Å². The molecule has 9 heteroatoms. The zero-order valence-electron chi connectivity index (χ0n) is 21.8. The van der Waals surface area contributed by atoms with Gasteiger partial charge in [-0.3, -0.25) is 14.5 Å². The number of nitrogens with one attached hydrogen (secondary N) is 2. The first kappa shape index (κ1) is 27.2. The summed E-state index contributed by atoms with van der Waals surface area (Å²) in [7, 11) is 0. The summed E-state index contributed by atoms with van der Waals surface area (Å²) in [6, 6.07) is 13.4. The van der Waals surface area contributed by atoms with Crippen LogP contribution >= 0.6 is 11.3 Å². The van der Waals surface area contributed by atoms with Gasteiger partial charge in [-0.25, -0.2) is 9.82 Å². The molecule has 2 heterocycles. The van der Waals surface area contributed by atoms with E-state index >= 15 is 0 Å². The number of likely N-dealkylation sites (tertiary alicyclic amines) is 1. The molecule has 3 aromatic rings. The van der Waals surface area contributed by atoms with Crippen molar-refractivity contribution in [2.45, 2.75) is 45.1 Å². The van der Waals surface area contributed by atoms with Crippen LogP contribution in [-0.2, 0) is 19.4 Å². The molecule has 0 unspecified atom stereocenters. The molecule has 0 saturated carbocycles. The molecule has 1 aliphatic carbocycles. The molecule has 0 spiro atoms. The average Bonchev–Trinajstić information content (AvgIpc) is 3.32. The van der Waals surface area contributed by atoms with Crippen molar-refractivity contribution < 1.29 is 19.1 Å². The van der Waals surface area contributed by atoms with Crippen LogP contribution in [0.3, 0.4) is 0 Å². The number of piperidine rings is 1. The summed E-state index contributed by atoms with van der Waals surface area (Å²) in [6.45, 7) is 2.87. The highest BCUT2D eigenvalue weighted by Gasteiger charge is 2.27. The number of aliphatic hydroxyl groups is 1. The number of rotatable bonds is 8. The minimum atomic E-state index is -0.372. The van der Waals surface area contributed by atoms with E-state index in [-0.39, 0.29) is 24.2 Å². The van der Waals surface area contributed by atoms with Gasteiger partial charge in [0.1, 0.15) is 10.8 Å². The smallest absolute Gasteiger partial charge is 0.274 e. The highest BCUT2D eigenvalue weighted by atomic mass is 32.1. The molecule has 0 radical (unpaired) electrons. The van der Waals surface area contributed by atoms with Gasteiger partial charge in [0.25, 0.3) is 11.8 Å². The normalized spacial score (nSPS) is 16.3. The van der Waals surface area contributed by atoms with Gasteiger partial charge >= 0.3 is 0 Å². The molecule has 3 N–H and O–H groups in total. The lowest BCUT2D eigenvalue weighted by atomic mass is 9.95. The van der Waals surface area contributed by atoms with E-state index in [1.165, 1.54) is 29.7 Å². The highest BCUT2D eigenvalue weighted by Crippen LogP contribution is 2.38. The molecule has 0 bridgehead atoms. The molecular weight excluding hydrogens is 515 g/mol. The van der Waals surface area contributed by atoms with Gasteiger partial charge < -0.3 is 10.4 Å². The zero-order valence-corrected chi connectivity index (χ0v) is 22.6. The SMILES string of the molecule is O=C(Nc1sc2c(c1C(=O)NN=Cc1ccc(F)cc1)CCCC2)c1cccc(CN2CCC(CO)CC2)c1. The average molecular weight is 549 g/mol. The first-order valence-electron chi connectivity index (χ1n) is 13.5. The summed E-state index contributed by atoms with van der Waals surface area (Å²) in [6.07, 6.45) is 7.16. The van der Waals surface area contributed by atoms with Crippen LogP contribution in [0, 0.1) is 11.7 Å². The number of thiophene rings is 1. The Labute approximate surface area is 231 Å². The predicted octanol–water partition coefficient (Wildman–Crippen LogP) is 4.99. The molecule has 2 aromatic carbocycles. The molecule has 39 heavy (non-hydrogen) atoms. The Morgan fingerprint density at radius 2 is 1.85 bits per heavy atom. The maximum absolute atomic E-state index is 13.3. The lowest BCUT2D eigenvalue weighted by molar-refractivity contribution is 0.0955. The number of hydrazone groups is 1. The third-order valence-corrected chi connectivity index (χ3v) is 8.64. The molecule has 2 amide bonds. The second kappa shape index (κ2) is 12.6. The summed E-state index contributed by atoms with van der Waals surface area (Å²) in [4.78, 5) is 30.0. The second-order valence-corrected chi connectivity index (χ2v) is 11.3. The Bertz CT molecular complexity index is 1350. The van der Waals surface area contributed by atoms with Gasteiger partial charge in [-0.2, -0.15) is 5.10 Å². The summed E-state index contributed by atoms with van der Waals surface area (Å²) in [5.41, 5.74) is 6.31. The van der Waals surface area contributed by atoms with E-state index in [0.717, 1.165) is 74.2 Å². The number of carbonyl (C=O) groups excluding carboxylic acids is 2. The third-order valence-electron chi connectivity index (χ3n) is 7.44. The van der Waals surface area contributed by atoms with Gasteiger partial charge in [-0.1, -0.05) is 24.3 Å². The van der Waals surface area contributed by atoms with Crippen molar-refractivity contribution >= 4 is 34.4 Å². The molecule has 5 rings (SSSR count). The number of hydrogen-bond donors (Lipinski definition) is 3. The number of anilines is 1. The molecule has 1 fully saturated rings. The van der Waals surface area contributed by atoms with Crippen LogP contribution in [0.2, 0.25) is 0 Å². The van der Waals surface area contributed by atoms with Crippen LogP contribution in [0.4, 0.5) is 9.39 Å². The Balaban J connectivity index is 1.29. The number of amides is 2. The van der Waals surface area contributed by atoms with Crippen molar-refractivity contribution in [2.75, 3.05) is 25.0 Å². The van der Waals surface area contributed by atoms with E-state index in [4.69, 9.17) is 0 Å². The fourth-order valence-electron chi connectivity index (χ4n) is 5.24. The molecule has 1 saturated heterocycles. The van der Waals surface area contributed by atoms with E-state index in [1.54, 1.807) is 18.2 Å². The molecule has 204 valence electrons. The van der Waals surface area contributed by atoms with Gasteiger partial charge in [0.05, 0.1) is 11.8 Å². The zero-order chi connectivity index (χ0) is 27.2. The van der Waals surface area contributed by atoms with E-state index < -0.39 is 0 Å². The van der Waals surface area contributed by atoms with E-state index in [2.05, 4.69) is 20.7 Å². The summed E-state index contributed by atoms with van der Waals surface area (Å²) >= 11 is 1.46. The minimum Gasteiger partial charge on any atom is -0.396 e. The number of aryl methyl sites for hydroxylation is 1. The summed E-state index contributed by atoms with van der Waals surface area (Å²) in [5.74, 6) is -0.578. The van der Waals surface area contributed by atoms with E-state index in [9.17, 15) is 19.1 Å². The van der Waals surface area contributed by atoms with Gasteiger partial charge in [0.15, 0.2) is 0 Å². The topological polar surface area (TPSA) is 94.0 Å². The number of hydrogen-bond acceptors (Lipinski definition) is 6. The molecule has 1 aromatic heterocycles. The van der Waals surface area contributed by atoms with Crippen LogP contribution in [0.25, 0.3) is 0 Å². The fourth-order valence-corrected chi connectivity index (χ4v) is 6.52. The molecular formula is C30H33FN4O3S. The lowest BCUT2D eigenvalue weighted by Gasteiger charge is -2.31. The van der Waals surface area contributed by atoms with Gasteiger partial charge in [-0.15, -0.1) is 11.3 Å². The highest BCUT2D eigenvalue weighted by molar-refractivity contribution is 7.17. The molecule has 0 atom stereocenters. The monoisotopic (exact) mass is 548 g/mol. The first-order valence-corrected chi connectivity index (χ1v) is 14.3. The first-order chi connectivity index (χ1) is 19.0. The fraction of sp³-hybridized carbons (Fsp3) is 0.367. The van der Waals surface area contributed by atoms with Crippen molar-refractivity contribution in [3.63, 3.8) is 0 Å². The van der Waals surface area contributed by atoms with Crippen LogP contribution in [0.1, 0.15) is 68.0 Å². The Morgan fingerprint density at radius 3 is 2.62 bits per heavy atom. The van der Waals surface area contributed by atoms with Crippen LogP contribution in [-0.4, -0.2) is 47.7 Å². The van der Waals surface area contributed by atoms with Crippen molar-refractivity contribution in [1.29, 1.82) is 0 Å². The molecule has 1 aliphatic heterocycles. The number of fused-ring (bicyclic) bond motifs is 1. The predicted molar refractivity (Wildman–Crippen MR) is 152 cm³/mol. The number of carbonyl (C=O) groups is 2. The Morgan fingerprint density at radius 1 is 1.08 bits per heavy atom. The number of benzene rings is 2. The number of halogens is 1. The second-order valence-electron chi connectivity index (χ2n) is 10.2. The summed E-state index contributed by atoms with van der Waals surface area (Å²) < 4.78 is 13.2. The maximum atomic E-state index is 13.3. The van der Waals surface area contributed by atoms with E-state index in [0.29, 0.717) is 27.6 Å². The van der Waals surface area contributed by atoms with Crippen LogP contribution in [0.5, 0.6) is 0 Å².